The van der Waals surface area contributed by atoms with Gasteiger partial charge < -0.3 is 15.2 Å². The zero-order valence-electron chi connectivity index (χ0n) is 12.3. The van der Waals surface area contributed by atoms with E-state index in [2.05, 4.69) is 5.32 Å². The van der Waals surface area contributed by atoms with Crippen LogP contribution >= 0.6 is 0 Å². The lowest BCUT2D eigenvalue weighted by atomic mass is 9.65. The SMILES string of the molecule is COc1ccccc1N[C@@H]1CCC[C@H]2CCCC[C@]21O. The Labute approximate surface area is 121 Å². The van der Waals surface area contributed by atoms with E-state index < -0.39 is 5.60 Å². The van der Waals surface area contributed by atoms with Crippen molar-refractivity contribution in [1.82, 2.24) is 0 Å². The van der Waals surface area contributed by atoms with Gasteiger partial charge in [0.2, 0.25) is 0 Å². The molecule has 0 unspecified atom stereocenters. The highest BCUT2D eigenvalue weighted by atomic mass is 16.5. The summed E-state index contributed by atoms with van der Waals surface area (Å²) >= 11 is 0. The Kier molecular flexibility index (Phi) is 3.88. The number of anilines is 1. The molecule has 2 aliphatic rings. The summed E-state index contributed by atoms with van der Waals surface area (Å²) in [6.07, 6.45) is 7.97. The molecule has 0 aliphatic heterocycles. The third-order valence-electron chi connectivity index (χ3n) is 5.17. The van der Waals surface area contributed by atoms with Crippen molar-refractivity contribution < 1.29 is 9.84 Å². The van der Waals surface area contributed by atoms with Gasteiger partial charge in [0.05, 0.1) is 24.4 Å². The van der Waals surface area contributed by atoms with Gasteiger partial charge in [0, 0.05) is 0 Å². The van der Waals surface area contributed by atoms with Crippen LogP contribution in [0.4, 0.5) is 5.69 Å². The van der Waals surface area contributed by atoms with Crippen LogP contribution in [0.2, 0.25) is 0 Å². The van der Waals surface area contributed by atoms with Crippen molar-refractivity contribution in [3.63, 3.8) is 0 Å². The number of hydrogen-bond acceptors (Lipinski definition) is 3. The van der Waals surface area contributed by atoms with Gasteiger partial charge in [-0.15, -0.1) is 0 Å². The van der Waals surface area contributed by atoms with Crippen molar-refractivity contribution in [3.05, 3.63) is 24.3 Å². The first-order valence-electron chi connectivity index (χ1n) is 7.86. The van der Waals surface area contributed by atoms with E-state index in [1.807, 2.05) is 24.3 Å². The number of fused-ring (bicyclic) bond motifs is 1. The highest BCUT2D eigenvalue weighted by Crippen LogP contribution is 2.45. The smallest absolute Gasteiger partial charge is 0.141 e. The third kappa shape index (κ3) is 2.39. The standard InChI is InChI=1S/C17H25NO2/c1-20-15-10-3-2-9-14(15)18-16-11-6-8-13-7-4-5-12-17(13,16)19/h2-3,9-10,13,16,18-19H,4-8,11-12H2,1H3/t13-,16-,17+/m1/s1. The van der Waals surface area contributed by atoms with Crippen LogP contribution in [0, 0.1) is 5.92 Å². The second-order valence-electron chi connectivity index (χ2n) is 6.26. The van der Waals surface area contributed by atoms with E-state index in [0.717, 1.165) is 30.7 Å². The van der Waals surface area contributed by atoms with Crippen LogP contribution in [0.1, 0.15) is 44.9 Å². The van der Waals surface area contributed by atoms with Crippen LogP contribution in [-0.4, -0.2) is 23.9 Å². The molecule has 2 N–H and O–H groups in total. The third-order valence-corrected chi connectivity index (χ3v) is 5.17. The van der Waals surface area contributed by atoms with E-state index in [9.17, 15) is 5.11 Å². The van der Waals surface area contributed by atoms with Crippen molar-refractivity contribution in [2.45, 2.75) is 56.6 Å². The maximum atomic E-state index is 11.2. The van der Waals surface area contributed by atoms with Gasteiger partial charge in [-0.1, -0.05) is 31.4 Å². The predicted octanol–water partition coefficient (Wildman–Crippen LogP) is 3.58. The van der Waals surface area contributed by atoms with Gasteiger partial charge >= 0.3 is 0 Å². The predicted molar refractivity (Wildman–Crippen MR) is 81.2 cm³/mol. The highest BCUT2D eigenvalue weighted by molar-refractivity contribution is 5.57. The molecule has 110 valence electrons. The van der Waals surface area contributed by atoms with Crippen molar-refractivity contribution in [3.8, 4) is 5.75 Å². The summed E-state index contributed by atoms with van der Waals surface area (Å²) in [5.74, 6) is 1.33. The Balaban J connectivity index is 1.81. The van der Waals surface area contributed by atoms with Crippen LogP contribution in [-0.2, 0) is 0 Å². The molecule has 1 aromatic rings. The lowest BCUT2D eigenvalue weighted by Gasteiger charge is -2.49. The Bertz CT molecular complexity index is 460. The van der Waals surface area contributed by atoms with E-state index in [1.165, 1.54) is 25.7 Å². The Hall–Kier alpha value is -1.22. The number of methoxy groups -OCH3 is 1. The molecule has 0 saturated heterocycles. The van der Waals surface area contributed by atoms with E-state index >= 15 is 0 Å². The number of benzene rings is 1. The number of hydrogen-bond donors (Lipinski definition) is 2. The van der Waals surface area contributed by atoms with Crippen LogP contribution in [0.25, 0.3) is 0 Å². The van der Waals surface area contributed by atoms with Crippen LogP contribution in [0.15, 0.2) is 24.3 Å². The molecule has 0 radical (unpaired) electrons. The van der Waals surface area contributed by atoms with Gasteiger partial charge in [-0.05, 0) is 43.7 Å². The molecule has 3 heteroatoms. The van der Waals surface area contributed by atoms with Crippen LogP contribution in [0.5, 0.6) is 5.75 Å². The lowest BCUT2D eigenvalue weighted by molar-refractivity contribution is -0.0835. The first-order valence-corrected chi connectivity index (χ1v) is 7.86. The Morgan fingerprint density at radius 2 is 1.95 bits per heavy atom. The van der Waals surface area contributed by atoms with Crippen molar-refractivity contribution in [2.75, 3.05) is 12.4 Å². The quantitative estimate of drug-likeness (QED) is 0.886. The fourth-order valence-electron chi connectivity index (χ4n) is 4.07. The summed E-state index contributed by atoms with van der Waals surface area (Å²) in [4.78, 5) is 0. The maximum absolute atomic E-state index is 11.2. The molecule has 20 heavy (non-hydrogen) atoms. The minimum absolute atomic E-state index is 0.151. The minimum atomic E-state index is -0.530. The number of nitrogens with one attached hydrogen (secondary N) is 1. The van der Waals surface area contributed by atoms with E-state index in [1.54, 1.807) is 7.11 Å². The first kappa shape index (κ1) is 13.7. The molecular weight excluding hydrogens is 250 g/mol. The number of ether oxygens (including phenoxy) is 1. The molecule has 0 amide bonds. The van der Waals surface area contributed by atoms with Crippen molar-refractivity contribution >= 4 is 5.69 Å². The van der Waals surface area contributed by atoms with Gasteiger partial charge in [-0.2, -0.15) is 0 Å². The number of para-hydroxylation sites is 2. The van der Waals surface area contributed by atoms with Gasteiger partial charge in [0.25, 0.3) is 0 Å². The summed E-state index contributed by atoms with van der Waals surface area (Å²) in [7, 11) is 1.69. The molecule has 3 nitrogen and oxygen atoms in total. The highest BCUT2D eigenvalue weighted by Gasteiger charge is 2.47. The lowest BCUT2D eigenvalue weighted by Crippen LogP contribution is -2.56. The topological polar surface area (TPSA) is 41.5 Å². The summed E-state index contributed by atoms with van der Waals surface area (Å²) in [6.45, 7) is 0. The molecule has 1 aromatic carbocycles. The Morgan fingerprint density at radius 3 is 2.80 bits per heavy atom. The molecule has 2 aliphatic carbocycles. The number of aliphatic hydroxyl groups is 1. The average Bonchev–Trinajstić information content (AvgIpc) is 2.48. The Morgan fingerprint density at radius 1 is 1.15 bits per heavy atom. The van der Waals surface area contributed by atoms with E-state index in [0.29, 0.717) is 5.92 Å². The van der Waals surface area contributed by atoms with Crippen molar-refractivity contribution in [2.24, 2.45) is 5.92 Å². The molecule has 3 rings (SSSR count). The minimum Gasteiger partial charge on any atom is -0.495 e. The molecule has 0 heterocycles. The molecule has 0 spiro atoms. The van der Waals surface area contributed by atoms with Crippen LogP contribution in [0.3, 0.4) is 0 Å². The van der Waals surface area contributed by atoms with Gasteiger partial charge in [0.15, 0.2) is 0 Å². The average molecular weight is 275 g/mol. The zero-order chi connectivity index (χ0) is 14.0. The molecule has 0 aromatic heterocycles. The summed E-state index contributed by atoms with van der Waals surface area (Å²) in [6, 6.07) is 8.14. The van der Waals surface area contributed by atoms with Gasteiger partial charge in [0.1, 0.15) is 5.75 Å². The summed E-state index contributed by atoms with van der Waals surface area (Å²) in [5.41, 5.74) is 0.469. The first-order chi connectivity index (χ1) is 9.74. The largest absolute Gasteiger partial charge is 0.495 e. The molecule has 3 atom stereocenters. The van der Waals surface area contributed by atoms with E-state index in [4.69, 9.17) is 4.74 Å². The summed E-state index contributed by atoms with van der Waals surface area (Å²) < 4.78 is 5.41. The molecule has 2 fully saturated rings. The fraction of sp³-hybridized carbons (Fsp3) is 0.647. The van der Waals surface area contributed by atoms with Crippen molar-refractivity contribution in [1.29, 1.82) is 0 Å². The number of rotatable bonds is 3. The van der Waals surface area contributed by atoms with Crippen LogP contribution < -0.4 is 10.1 Å². The normalized spacial score (nSPS) is 33.3. The fourth-order valence-corrected chi connectivity index (χ4v) is 4.07. The molecule has 2 saturated carbocycles. The molecular formula is C17H25NO2. The summed E-state index contributed by atoms with van der Waals surface area (Å²) in [5, 5.41) is 14.7. The maximum Gasteiger partial charge on any atom is 0.141 e. The zero-order valence-corrected chi connectivity index (χ0v) is 12.3. The second-order valence-corrected chi connectivity index (χ2v) is 6.26. The van der Waals surface area contributed by atoms with Gasteiger partial charge in [-0.3, -0.25) is 0 Å². The van der Waals surface area contributed by atoms with E-state index in [-0.39, 0.29) is 6.04 Å². The molecule has 0 bridgehead atoms. The second kappa shape index (κ2) is 5.65. The monoisotopic (exact) mass is 275 g/mol. The van der Waals surface area contributed by atoms with Gasteiger partial charge in [-0.25, -0.2) is 0 Å².